The Bertz CT molecular complexity index is 271. The van der Waals surface area contributed by atoms with Crippen molar-refractivity contribution in [1.29, 1.82) is 0 Å². The molecule has 1 nitrogen and oxygen atoms in total. The summed E-state index contributed by atoms with van der Waals surface area (Å²) in [7, 11) is -2.13. The van der Waals surface area contributed by atoms with Gasteiger partial charge in [-0.3, -0.25) is 0 Å². The van der Waals surface area contributed by atoms with Gasteiger partial charge < -0.3 is 4.80 Å². The zero-order valence-electron chi connectivity index (χ0n) is 11.1. The lowest BCUT2D eigenvalue weighted by molar-refractivity contribution is 0.560. The average Bonchev–Trinajstić information content (AvgIpc) is 2.24. The van der Waals surface area contributed by atoms with Crippen LogP contribution in [0.25, 0.3) is 0 Å². The Morgan fingerprint density at radius 2 is 2.19 bits per heavy atom. The second-order valence-corrected chi connectivity index (χ2v) is 8.95. The summed E-state index contributed by atoms with van der Waals surface area (Å²) in [4.78, 5) is 10.4. The smallest absolute Gasteiger partial charge is 0.213 e. The summed E-state index contributed by atoms with van der Waals surface area (Å²) in [5, 5.41) is 1.31. The van der Waals surface area contributed by atoms with E-state index in [-0.39, 0.29) is 0 Å². The lowest BCUT2D eigenvalue weighted by Crippen LogP contribution is -2.30. The first-order valence-electron chi connectivity index (χ1n) is 6.68. The Balaban J connectivity index is 2.78. The molecule has 16 heavy (non-hydrogen) atoms. The van der Waals surface area contributed by atoms with Gasteiger partial charge in [0.1, 0.15) is 0 Å². The molecule has 2 heteroatoms. The summed E-state index contributed by atoms with van der Waals surface area (Å²) in [5.41, 5.74) is 1.45. The molecule has 0 spiro atoms. The molecule has 0 aromatic rings. The molecule has 0 amide bonds. The topological polar surface area (TPSA) is 20.2 Å². The maximum atomic E-state index is 10.4. The molecular formula is C14H26OSi. The van der Waals surface area contributed by atoms with Crippen LogP contribution in [0.5, 0.6) is 0 Å². The second kappa shape index (κ2) is 6.41. The minimum absolute atomic E-state index is 1.13. The largest absolute Gasteiger partial charge is 0.428 e. The Hall–Kier alpha value is -0.343. The van der Waals surface area contributed by atoms with Gasteiger partial charge in [0.05, 0.1) is 0 Å². The molecule has 1 aliphatic carbocycles. The van der Waals surface area contributed by atoms with E-state index in [9.17, 15) is 4.80 Å². The fraction of sp³-hybridized carbons (Fsp3) is 0.714. The van der Waals surface area contributed by atoms with Crippen LogP contribution in [0.4, 0.5) is 0 Å². The van der Waals surface area contributed by atoms with Gasteiger partial charge in [-0.05, 0) is 50.4 Å². The van der Waals surface area contributed by atoms with E-state index in [1.807, 2.05) is 13.1 Å². The minimum atomic E-state index is -2.13. The van der Waals surface area contributed by atoms with Crippen LogP contribution in [0.2, 0.25) is 13.1 Å². The molecule has 0 aromatic heterocycles. The number of rotatable bonds is 5. The van der Waals surface area contributed by atoms with Crippen LogP contribution < -0.4 is 0 Å². The van der Waals surface area contributed by atoms with Gasteiger partial charge in [-0.1, -0.05) is 37.5 Å². The molecule has 0 aromatic carbocycles. The minimum Gasteiger partial charge on any atom is -0.428 e. The predicted molar refractivity (Wildman–Crippen MR) is 73.9 cm³/mol. The highest BCUT2D eigenvalue weighted by atomic mass is 28.4. The molecule has 0 aliphatic heterocycles. The van der Waals surface area contributed by atoms with Crippen molar-refractivity contribution in [2.75, 3.05) is 0 Å². The van der Waals surface area contributed by atoms with E-state index in [0.717, 1.165) is 6.42 Å². The van der Waals surface area contributed by atoms with Crippen LogP contribution >= 0.6 is 0 Å². The molecule has 0 radical (unpaired) electrons. The summed E-state index contributed by atoms with van der Waals surface area (Å²) in [6.45, 7) is 6.30. The molecule has 0 atom stereocenters. The fourth-order valence-electron chi connectivity index (χ4n) is 2.31. The first-order valence-corrected chi connectivity index (χ1v) is 9.63. The van der Waals surface area contributed by atoms with E-state index in [4.69, 9.17) is 0 Å². The van der Waals surface area contributed by atoms with Gasteiger partial charge in [0.25, 0.3) is 0 Å². The molecule has 0 heterocycles. The fourth-order valence-corrected chi connectivity index (χ4v) is 3.96. The normalized spacial score (nSPS) is 18.5. The summed E-state index contributed by atoms with van der Waals surface area (Å²) < 4.78 is 0. The molecule has 0 bridgehead atoms. The van der Waals surface area contributed by atoms with Crippen molar-refractivity contribution in [2.24, 2.45) is 0 Å². The molecule has 0 saturated heterocycles. The third-order valence-electron chi connectivity index (χ3n) is 3.20. The lowest BCUT2D eigenvalue weighted by Gasteiger charge is -2.24. The van der Waals surface area contributed by atoms with Gasteiger partial charge in [0.15, 0.2) is 0 Å². The highest BCUT2D eigenvalue weighted by Crippen LogP contribution is 2.29. The molecule has 1 N–H and O–H groups in total. The van der Waals surface area contributed by atoms with Crippen molar-refractivity contribution in [3.63, 3.8) is 0 Å². The predicted octanol–water partition coefficient (Wildman–Crippen LogP) is 4.34. The standard InChI is InChI=1S/C14H26OSi/c1-4-5-7-12-14(16(2,3)15)13-10-8-6-9-11-13/h10,12,15H,4-9,11H2,1-3H3/b14-12+. The van der Waals surface area contributed by atoms with Gasteiger partial charge in [-0.2, -0.15) is 0 Å². The Morgan fingerprint density at radius 3 is 2.69 bits per heavy atom. The highest BCUT2D eigenvalue weighted by molar-refractivity contribution is 6.78. The molecule has 1 rings (SSSR count). The number of unbranched alkanes of at least 4 members (excludes halogenated alkanes) is 2. The zero-order valence-corrected chi connectivity index (χ0v) is 12.1. The third kappa shape index (κ3) is 4.26. The zero-order chi connectivity index (χ0) is 12.0. The van der Waals surface area contributed by atoms with E-state index >= 15 is 0 Å². The van der Waals surface area contributed by atoms with Gasteiger partial charge >= 0.3 is 0 Å². The highest BCUT2D eigenvalue weighted by Gasteiger charge is 2.26. The number of hydrogen-bond acceptors (Lipinski definition) is 1. The number of hydrogen-bond donors (Lipinski definition) is 1. The Kier molecular flexibility index (Phi) is 5.49. The molecule has 0 saturated carbocycles. The SMILES string of the molecule is CCCC/C=C(\C1=CCCCC1)[Si](C)(C)O. The van der Waals surface area contributed by atoms with Crippen LogP contribution in [0.1, 0.15) is 51.9 Å². The van der Waals surface area contributed by atoms with E-state index < -0.39 is 8.32 Å². The molecular weight excluding hydrogens is 212 g/mol. The van der Waals surface area contributed by atoms with Crippen molar-refractivity contribution in [3.8, 4) is 0 Å². The molecule has 1 aliphatic rings. The van der Waals surface area contributed by atoms with Crippen LogP contribution in [0, 0.1) is 0 Å². The van der Waals surface area contributed by atoms with Crippen LogP contribution in [-0.4, -0.2) is 13.1 Å². The van der Waals surface area contributed by atoms with Crippen molar-refractivity contribution >= 4 is 8.32 Å². The van der Waals surface area contributed by atoms with E-state index in [2.05, 4.69) is 19.1 Å². The Labute approximate surface area is 101 Å². The second-order valence-electron chi connectivity index (χ2n) is 5.29. The monoisotopic (exact) mass is 238 g/mol. The van der Waals surface area contributed by atoms with E-state index in [1.54, 1.807) is 0 Å². The summed E-state index contributed by atoms with van der Waals surface area (Å²) in [6, 6.07) is 0. The van der Waals surface area contributed by atoms with Gasteiger partial charge in [-0.25, -0.2) is 0 Å². The van der Waals surface area contributed by atoms with Crippen LogP contribution in [-0.2, 0) is 0 Å². The van der Waals surface area contributed by atoms with E-state index in [0.29, 0.717) is 0 Å². The van der Waals surface area contributed by atoms with Crippen molar-refractivity contribution in [2.45, 2.75) is 65.0 Å². The van der Waals surface area contributed by atoms with Crippen molar-refractivity contribution < 1.29 is 4.80 Å². The van der Waals surface area contributed by atoms with Gasteiger partial charge in [-0.15, -0.1) is 0 Å². The molecule has 0 unspecified atom stereocenters. The first-order chi connectivity index (χ1) is 7.55. The first kappa shape index (κ1) is 13.7. The summed E-state index contributed by atoms with van der Waals surface area (Å²) in [5.74, 6) is 0. The van der Waals surface area contributed by atoms with Crippen LogP contribution in [0.3, 0.4) is 0 Å². The Morgan fingerprint density at radius 1 is 1.44 bits per heavy atom. The maximum Gasteiger partial charge on any atom is 0.213 e. The lowest BCUT2D eigenvalue weighted by atomic mass is 9.98. The quantitative estimate of drug-likeness (QED) is 0.558. The molecule has 92 valence electrons. The maximum absolute atomic E-state index is 10.4. The summed E-state index contributed by atoms with van der Waals surface area (Å²) >= 11 is 0. The van der Waals surface area contributed by atoms with Gasteiger partial charge in [0.2, 0.25) is 8.32 Å². The third-order valence-corrected chi connectivity index (χ3v) is 5.05. The molecule has 0 fully saturated rings. The summed E-state index contributed by atoms with van der Waals surface area (Å²) in [6.07, 6.45) is 13.2. The average molecular weight is 238 g/mol. The van der Waals surface area contributed by atoms with Crippen molar-refractivity contribution in [1.82, 2.24) is 0 Å². The van der Waals surface area contributed by atoms with Gasteiger partial charge in [0, 0.05) is 0 Å². The van der Waals surface area contributed by atoms with Crippen LogP contribution in [0.15, 0.2) is 22.9 Å². The van der Waals surface area contributed by atoms with E-state index in [1.165, 1.54) is 49.3 Å². The number of allylic oxidation sites excluding steroid dienone is 4. The van der Waals surface area contributed by atoms with Crippen molar-refractivity contribution in [3.05, 3.63) is 22.9 Å².